The average Bonchev–Trinajstić information content (AvgIpc) is 2.97. The normalized spacial score (nSPS) is 12.2. The highest BCUT2D eigenvalue weighted by molar-refractivity contribution is 8.03. The van der Waals surface area contributed by atoms with Gasteiger partial charge in [0, 0.05) is 11.4 Å². The Kier molecular flexibility index (Phi) is 7.58. The highest BCUT2D eigenvalue weighted by Gasteiger charge is 2.18. The van der Waals surface area contributed by atoms with Crippen molar-refractivity contribution < 1.29 is 4.79 Å². The van der Waals surface area contributed by atoms with Crippen LogP contribution in [0.15, 0.2) is 26.9 Å². The van der Waals surface area contributed by atoms with Gasteiger partial charge in [0.15, 0.2) is 8.68 Å². The minimum absolute atomic E-state index is 0.0117. The molecule has 0 aliphatic heterocycles. The number of aryl methyl sites for hydroxylation is 2. The lowest BCUT2D eigenvalue weighted by atomic mass is 10.1. The minimum Gasteiger partial charge on any atom is -0.325 e. The SMILES string of the molecule is CCCCSc1nnc(S[C@H](C)C(=O)Nc2ccc(C)cc2C)s1. The summed E-state index contributed by atoms with van der Waals surface area (Å²) in [4.78, 5) is 12.4. The summed E-state index contributed by atoms with van der Waals surface area (Å²) in [5, 5.41) is 11.2. The molecular weight excluding hydrogens is 358 g/mol. The molecule has 1 atom stereocenters. The predicted octanol–water partition coefficient (Wildman–Crippen LogP) is 5.17. The maximum atomic E-state index is 12.4. The Bertz CT molecular complexity index is 687. The second-order valence-electron chi connectivity index (χ2n) is 5.60. The van der Waals surface area contributed by atoms with Gasteiger partial charge in [-0.15, -0.1) is 10.2 Å². The molecule has 0 aliphatic carbocycles. The van der Waals surface area contributed by atoms with Crippen molar-refractivity contribution in [3.05, 3.63) is 29.3 Å². The number of hydrogen-bond donors (Lipinski definition) is 1. The van der Waals surface area contributed by atoms with Crippen molar-refractivity contribution in [1.29, 1.82) is 0 Å². The van der Waals surface area contributed by atoms with E-state index in [9.17, 15) is 4.79 Å². The first-order valence-electron chi connectivity index (χ1n) is 8.00. The van der Waals surface area contributed by atoms with Crippen LogP contribution in [0.5, 0.6) is 0 Å². The van der Waals surface area contributed by atoms with Crippen LogP contribution in [0.25, 0.3) is 0 Å². The first-order chi connectivity index (χ1) is 11.5. The van der Waals surface area contributed by atoms with Crippen molar-refractivity contribution in [3.63, 3.8) is 0 Å². The number of anilines is 1. The monoisotopic (exact) mass is 381 g/mol. The van der Waals surface area contributed by atoms with Gasteiger partial charge in [-0.3, -0.25) is 4.79 Å². The molecule has 4 nitrogen and oxygen atoms in total. The van der Waals surface area contributed by atoms with E-state index in [-0.39, 0.29) is 11.2 Å². The molecule has 2 rings (SSSR count). The minimum atomic E-state index is -0.216. The molecule has 0 fully saturated rings. The van der Waals surface area contributed by atoms with Crippen LogP contribution in [-0.2, 0) is 4.79 Å². The summed E-state index contributed by atoms with van der Waals surface area (Å²) in [6.07, 6.45) is 2.37. The van der Waals surface area contributed by atoms with Crippen molar-refractivity contribution in [2.75, 3.05) is 11.1 Å². The molecule has 0 bridgehead atoms. The molecule has 0 radical (unpaired) electrons. The second-order valence-corrected chi connectivity index (χ2v) is 9.51. The maximum absolute atomic E-state index is 12.4. The van der Waals surface area contributed by atoms with Gasteiger partial charge in [-0.05, 0) is 38.8 Å². The molecule has 0 saturated heterocycles. The summed E-state index contributed by atoms with van der Waals surface area (Å²) in [7, 11) is 0. The maximum Gasteiger partial charge on any atom is 0.237 e. The highest BCUT2D eigenvalue weighted by Crippen LogP contribution is 2.32. The molecule has 1 heterocycles. The van der Waals surface area contributed by atoms with Gasteiger partial charge in [0.25, 0.3) is 0 Å². The van der Waals surface area contributed by atoms with Crippen LogP contribution in [0.3, 0.4) is 0 Å². The number of aromatic nitrogens is 2. The Morgan fingerprint density at radius 1 is 1.29 bits per heavy atom. The number of unbranched alkanes of at least 4 members (excludes halogenated alkanes) is 1. The molecule has 130 valence electrons. The van der Waals surface area contributed by atoms with E-state index in [4.69, 9.17) is 0 Å². The van der Waals surface area contributed by atoms with Gasteiger partial charge in [0.2, 0.25) is 5.91 Å². The fraction of sp³-hybridized carbons (Fsp3) is 0.471. The number of hydrogen-bond acceptors (Lipinski definition) is 6. The van der Waals surface area contributed by atoms with Crippen LogP contribution in [0.1, 0.15) is 37.8 Å². The summed E-state index contributed by atoms with van der Waals surface area (Å²) in [6, 6.07) is 6.02. The van der Waals surface area contributed by atoms with Gasteiger partial charge in [0.05, 0.1) is 5.25 Å². The Morgan fingerprint density at radius 3 is 2.75 bits per heavy atom. The van der Waals surface area contributed by atoms with E-state index in [0.29, 0.717) is 0 Å². The number of carbonyl (C=O) groups excluding carboxylic acids is 1. The molecule has 7 heteroatoms. The number of nitrogens with one attached hydrogen (secondary N) is 1. The topological polar surface area (TPSA) is 54.9 Å². The van der Waals surface area contributed by atoms with Crippen molar-refractivity contribution in [2.45, 2.75) is 54.5 Å². The van der Waals surface area contributed by atoms with Crippen LogP contribution in [0, 0.1) is 13.8 Å². The van der Waals surface area contributed by atoms with Gasteiger partial charge in [-0.2, -0.15) is 0 Å². The third-order valence-electron chi connectivity index (χ3n) is 3.40. The van der Waals surface area contributed by atoms with E-state index >= 15 is 0 Å². The van der Waals surface area contributed by atoms with Crippen LogP contribution in [-0.4, -0.2) is 27.1 Å². The van der Waals surface area contributed by atoms with Crippen molar-refractivity contribution in [3.8, 4) is 0 Å². The summed E-state index contributed by atoms with van der Waals surface area (Å²) in [6.45, 7) is 8.13. The van der Waals surface area contributed by atoms with Gasteiger partial charge >= 0.3 is 0 Å². The molecule has 1 amide bonds. The lowest BCUT2D eigenvalue weighted by Crippen LogP contribution is -2.22. The number of carbonyl (C=O) groups is 1. The third-order valence-corrected chi connectivity index (χ3v) is 6.73. The number of amides is 1. The molecule has 1 aromatic carbocycles. The molecule has 0 spiro atoms. The Balaban J connectivity index is 1.89. The van der Waals surface area contributed by atoms with E-state index < -0.39 is 0 Å². The van der Waals surface area contributed by atoms with E-state index in [0.717, 1.165) is 25.7 Å². The summed E-state index contributed by atoms with van der Waals surface area (Å²) in [5.74, 6) is 1.06. The first kappa shape index (κ1) is 19.3. The lowest BCUT2D eigenvalue weighted by Gasteiger charge is -2.12. The fourth-order valence-electron chi connectivity index (χ4n) is 2.00. The number of nitrogens with zero attached hydrogens (tertiary/aromatic N) is 2. The van der Waals surface area contributed by atoms with Crippen LogP contribution in [0.4, 0.5) is 5.69 Å². The average molecular weight is 382 g/mol. The number of thioether (sulfide) groups is 2. The van der Waals surface area contributed by atoms with Crippen LogP contribution < -0.4 is 5.32 Å². The molecule has 24 heavy (non-hydrogen) atoms. The van der Waals surface area contributed by atoms with Gasteiger partial charge in [-0.1, -0.05) is 65.9 Å². The molecule has 1 N–H and O–H groups in total. The first-order valence-corrected chi connectivity index (χ1v) is 10.7. The standard InChI is InChI=1S/C17H23N3OS3/c1-5-6-9-22-16-19-20-17(24-16)23-13(4)15(21)18-14-8-7-11(2)10-12(14)3/h7-8,10,13H,5-6,9H2,1-4H3,(H,18,21)/t13-/m1/s1. The van der Waals surface area contributed by atoms with E-state index in [2.05, 4.69) is 28.5 Å². The van der Waals surface area contributed by atoms with Crippen LogP contribution >= 0.6 is 34.9 Å². The summed E-state index contributed by atoms with van der Waals surface area (Å²) in [5.41, 5.74) is 3.13. The van der Waals surface area contributed by atoms with Crippen molar-refractivity contribution in [1.82, 2.24) is 10.2 Å². The van der Waals surface area contributed by atoms with Crippen LogP contribution in [0.2, 0.25) is 0 Å². The Labute approximate surface area is 156 Å². The molecule has 2 aromatic rings. The fourth-order valence-corrected chi connectivity index (χ4v) is 5.32. The number of benzene rings is 1. The summed E-state index contributed by atoms with van der Waals surface area (Å²) >= 11 is 4.76. The predicted molar refractivity (Wildman–Crippen MR) is 105 cm³/mol. The van der Waals surface area contributed by atoms with Gasteiger partial charge in [-0.25, -0.2) is 0 Å². The Hall–Kier alpha value is -1.05. The van der Waals surface area contributed by atoms with E-state index in [1.807, 2.05) is 32.9 Å². The van der Waals surface area contributed by atoms with Gasteiger partial charge < -0.3 is 5.32 Å². The molecule has 0 unspecified atom stereocenters. The zero-order chi connectivity index (χ0) is 17.5. The van der Waals surface area contributed by atoms with E-state index in [1.54, 1.807) is 23.1 Å². The lowest BCUT2D eigenvalue weighted by molar-refractivity contribution is -0.115. The molecule has 0 saturated carbocycles. The molecule has 1 aromatic heterocycles. The second kappa shape index (κ2) is 9.44. The highest BCUT2D eigenvalue weighted by atomic mass is 32.2. The molecular formula is C17H23N3OS3. The Morgan fingerprint density at radius 2 is 2.04 bits per heavy atom. The summed E-state index contributed by atoms with van der Waals surface area (Å²) < 4.78 is 1.82. The zero-order valence-electron chi connectivity index (χ0n) is 14.5. The van der Waals surface area contributed by atoms with Crippen molar-refractivity contribution >= 4 is 46.5 Å². The van der Waals surface area contributed by atoms with Crippen molar-refractivity contribution in [2.24, 2.45) is 0 Å². The smallest absolute Gasteiger partial charge is 0.237 e. The quantitative estimate of drug-likeness (QED) is 0.505. The van der Waals surface area contributed by atoms with E-state index in [1.165, 1.54) is 30.2 Å². The zero-order valence-corrected chi connectivity index (χ0v) is 16.9. The van der Waals surface area contributed by atoms with Gasteiger partial charge in [0.1, 0.15) is 0 Å². The molecule has 0 aliphatic rings. The third kappa shape index (κ3) is 5.79. The largest absolute Gasteiger partial charge is 0.325 e. The number of rotatable bonds is 8.